The predicted molar refractivity (Wildman–Crippen MR) is 302 cm³/mol. The van der Waals surface area contributed by atoms with Gasteiger partial charge in [0.25, 0.3) is 0 Å². The summed E-state index contributed by atoms with van der Waals surface area (Å²) >= 11 is 0. The first kappa shape index (κ1) is 53.4. The Morgan fingerprint density at radius 1 is 0.316 bits per heavy atom. The van der Waals surface area contributed by atoms with Crippen LogP contribution in [0.1, 0.15) is 101 Å². The zero-order valence-electron chi connectivity index (χ0n) is 46.0. The zero-order chi connectivity index (χ0) is 52.7. The molecule has 10 heteroatoms. The molecule has 9 nitrogen and oxygen atoms in total. The van der Waals surface area contributed by atoms with Crippen molar-refractivity contribution in [3.8, 4) is 51.2 Å². The molecule has 0 spiro atoms. The Morgan fingerprint density at radius 2 is 0.553 bits per heavy atom. The van der Waals surface area contributed by atoms with Gasteiger partial charge in [-0.2, -0.15) is 15.3 Å². The summed E-state index contributed by atoms with van der Waals surface area (Å²) in [6.45, 7) is 25.1. The average molecular weight is 1180 g/mol. The molecule has 0 atom stereocenters. The van der Waals surface area contributed by atoms with E-state index in [1.165, 1.54) is 83.5 Å². The molecule has 76 heavy (non-hydrogen) atoms. The Kier molecular flexibility index (Phi) is 15.8. The van der Waals surface area contributed by atoms with Crippen LogP contribution in [0.4, 0.5) is 0 Å². The van der Waals surface area contributed by atoms with Crippen LogP contribution in [0.3, 0.4) is 0 Å². The Hall–Kier alpha value is -7.39. The van der Waals surface area contributed by atoms with Gasteiger partial charge >= 0.3 is 20.1 Å². The summed E-state index contributed by atoms with van der Waals surface area (Å²) in [6, 6.07) is 50.7. The molecule has 3 heterocycles. The summed E-state index contributed by atoms with van der Waals surface area (Å²) in [6.07, 6.45) is 5.42. The summed E-state index contributed by atoms with van der Waals surface area (Å²) in [4.78, 5) is 14.6. The van der Waals surface area contributed by atoms with E-state index in [-0.39, 0.29) is 20.1 Å². The van der Waals surface area contributed by atoms with E-state index >= 15 is 0 Å². The third-order valence-electron chi connectivity index (χ3n) is 14.3. The van der Waals surface area contributed by atoms with Gasteiger partial charge in [-0.3, -0.25) is 29.0 Å². The second-order valence-corrected chi connectivity index (χ2v) is 20.9. The fourth-order valence-electron chi connectivity index (χ4n) is 11.1. The van der Waals surface area contributed by atoms with Crippen molar-refractivity contribution in [1.82, 2.24) is 44.3 Å². The van der Waals surface area contributed by atoms with Crippen molar-refractivity contribution in [3.05, 3.63) is 228 Å². The van der Waals surface area contributed by atoms with Gasteiger partial charge in [-0.25, -0.2) is 0 Å². The minimum Gasteiger partial charge on any atom is -0.262 e. The maximum atomic E-state index is 4.87. The number of nitrogens with zero attached hydrogens (tertiary/aromatic N) is 9. The minimum absolute atomic E-state index is 0. The Balaban J connectivity index is 0.00000706. The Bertz CT molecular complexity index is 3250. The van der Waals surface area contributed by atoms with Crippen LogP contribution in [0.5, 0.6) is 0 Å². The number of rotatable bonds is 15. The summed E-state index contributed by atoms with van der Waals surface area (Å²) < 4.78 is 5.96. The fourth-order valence-corrected chi connectivity index (χ4v) is 11.1. The van der Waals surface area contributed by atoms with E-state index in [0.29, 0.717) is 0 Å². The maximum absolute atomic E-state index is 4.87. The predicted octanol–water partition coefficient (Wildman–Crippen LogP) is 13.9. The molecule has 10 rings (SSSR count). The van der Waals surface area contributed by atoms with Gasteiger partial charge in [-0.1, -0.05) is 90.6 Å². The van der Waals surface area contributed by atoms with Crippen LogP contribution in [0.2, 0.25) is 0 Å². The van der Waals surface area contributed by atoms with Gasteiger partial charge in [0, 0.05) is 0 Å². The second kappa shape index (κ2) is 22.4. The van der Waals surface area contributed by atoms with Crippen LogP contribution >= 0.6 is 0 Å². The van der Waals surface area contributed by atoms with Crippen LogP contribution in [0.25, 0.3) is 51.2 Å². The molecule has 0 unspecified atom stereocenters. The maximum Gasteiger partial charge on any atom is 3.00 e. The molecular weight excluding hydrogens is 1110 g/mol. The molecule has 10 aromatic rings. The molecule has 0 radical (unpaired) electrons. The number of benzene rings is 7. The van der Waals surface area contributed by atoms with Crippen molar-refractivity contribution in [1.29, 1.82) is 0 Å². The molecule has 0 aliphatic carbocycles. The number of hydrogen-bond acceptors (Lipinski definition) is 6. The van der Waals surface area contributed by atoms with Gasteiger partial charge in [0.2, 0.25) is 0 Å². The molecule has 0 amide bonds. The van der Waals surface area contributed by atoms with Crippen LogP contribution in [0, 0.1) is 101 Å². The number of hydrogen-bond donors (Lipinski definition) is 0. The fraction of sp³-hybridized carbons (Fsp3) is 0.273. The van der Waals surface area contributed by atoms with Gasteiger partial charge in [0.1, 0.15) is 17.5 Å². The number of aromatic nitrogens is 9. The molecule has 0 bridgehead atoms. The van der Waals surface area contributed by atoms with Crippen LogP contribution in [-0.2, 0) is 58.6 Å². The third kappa shape index (κ3) is 11.5. The van der Waals surface area contributed by atoms with E-state index in [4.69, 9.17) is 30.2 Å². The molecule has 0 aliphatic rings. The van der Waals surface area contributed by atoms with Crippen molar-refractivity contribution >= 4 is 0 Å². The van der Waals surface area contributed by atoms with Crippen molar-refractivity contribution in [2.45, 2.75) is 122 Å². The first-order chi connectivity index (χ1) is 36.0. The minimum atomic E-state index is 0. The Morgan fingerprint density at radius 3 is 0.776 bits per heavy atom. The molecule has 0 saturated carbocycles. The molecule has 0 aliphatic heterocycles. The van der Waals surface area contributed by atoms with Gasteiger partial charge < -0.3 is 0 Å². The van der Waals surface area contributed by atoms with E-state index in [1.54, 1.807) is 0 Å². The SMILES string of the molecule is Cc1cc(C)c(-n2nc(C)nc2-c2[c-]cc(CCc3cc(CCc4c[c-]c(-c5nc(C)nn5-c5c(C)cc(C)cc5C)cc4)cc(CCc4c[c-]c(-c5nc(C)nn5-c5c(C)cc(C)cc5C)cc4)c3)cc2)c(C)c1.[Ir+3]. The van der Waals surface area contributed by atoms with Gasteiger partial charge in [0.05, 0.1) is 34.5 Å². The normalized spacial score (nSPS) is 11.4. The van der Waals surface area contributed by atoms with E-state index < -0.39 is 0 Å². The smallest absolute Gasteiger partial charge is 0.262 e. The quantitative estimate of drug-likeness (QED) is 0.0950. The molecule has 3 aromatic heterocycles. The van der Waals surface area contributed by atoms with E-state index in [1.807, 2.05) is 34.8 Å². The van der Waals surface area contributed by atoms with Crippen molar-refractivity contribution in [3.63, 3.8) is 0 Å². The first-order valence-electron chi connectivity index (χ1n) is 26.2. The third-order valence-corrected chi connectivity index (χ3v) is 14.3. The van der Waals surface area contributed by atoms with Crippen LogP contribution in [-0.4, -0.2) is 44.3 Å². The summed E-state index contributed by atoms with van der Waals surface area (Å²) in [7, 11) is 0. The van der Waals surface area contributed by atoms with Crippen molar-refractivity contribution < 1.29 is 20.1 Å². The van der Waals surface area contributed by atoms with Gasteiger partial charge in [-0.05, 0) is 152 Å². The van der Waals surface area contributed by atoms with Crippen LogP contribution < -0.4 is 0 Å². The molecule has 0 fully saturated rings. The second-order valence-electron chi connectivity index (χ2n) is 20.9. The molecule has 384 valence electrons. The average Bonchev–Trinajstić information content (AvgIpc) is 4.07. The van der Waals surface area contributed by atoms with Crippen molar-refractivity contribution in [2.75, 3.05) is 0 Å². The molecule has 7 aromatic carbocycles. The standard InChI is InChI=1S/C66H66N9.Ir/c1-40-31-43(4)61(44(5)32-40)73-64(67-49(10)70-73)58-25-19-52(20-26-58)13-16-55-37-56(17-14-53-21-27-59(28-22-53)65-68-50(11)71-74(65)62-45(6)33-41(2)34-46(62)7)39-57(38-55)18-15-54-23-29-60(30-24-54)66-69-51(12)72-75(66)63-47(8)35-42(3)36-48(63)9;/h19-25,27,29,31-39H,13-18H2,1-12H3;/q-3;+3. The summed E-state index contributed by atoms with van der Waals surface area (Å²) in [5.74, 6) is 4.64. The van der Waals surface area contributed by atoms with E-state index in [0.717, 1.165) is 107 Å². The summed E-state index contributed by atoms with van der Waals surface area (Å²) in [5, 5.41) is 14.5. The molecule has 0 N–H and O–H groups in total. The number of aryl methyl sites for hydroxylation is 18. The zero-order valence-corrected chi connectivity index (χ0v) is 48.4. The largest absolute Gasteiger partial charge is 3.00 e. The van der Waals surface area contributed by atoms with Crippen LogP contribution in [0.15, 0.2) is 109 Å². The molecule has 0 saturated heterocycles. The van der Waals surface area contributed by atoms with Gasteiger partial charge in [-0.15, -0.1) is 106 Å². The summed E-state index contributed by atoms with van der Waals surface area (Å²) in [5.41, 5.74) is 24.5. The van der Waals surface area contributed by atoms with E-state index in [9.17, 15) is 0 Å². The Labute approximate surface area is 462 Å². The van der Waals surface area contributed by atoms with Crippen molar-refractivity contribution in [2.24, 2.45) is 0 Å². The first-order valence-corrected chi connectivity index (χ1v) is 26.2. The molecular formula is C66H66IrN9. The van der Waals surface area contributed by atoms with E-state index in [2.05, 4.69) is 190 Å². The monoisotopic (exact) mass is 1180 g/mol. The topological polar surface area (TPSA) is 92.1 Å². The van der Waals surface area contributed by atoms with Gasteiger partial charge in [0.15, 0.2) is 0 Å².